The van der Waals surface area contributed by atoms with Crippen molar-refractivity contribution in [2.24, 2.45) is 0 Å². The summed E-state index contributed by atoms with van der Waals surface area (Å²) >= 11 is 0. The van der Waals surface area contributed by atoms with Crippen LogP contribution in [0.1, 0.15) is 5.56 Å². The number of anilines is 1. The first kappa shape index (κ1) is 14.3. The minimum Gasteiger partial charge on any atom is -0.340 e. The van der Waals surface area contributed by atoms with Gasteiger partial charge in [-0.25, -0.2) is 4.98 Å². The molecule has 0 aliphatic carbocycles. The molecule has 1 saturated heterocycles. The molecule has 4 heteroatoms. The first-order chi connectivity index (χ1) is 11.4. The zero-order valence-electron chi connectivity index (χ0n) is 13.3. The van der Waals surface area contributed by atoms with Gasteiger partial charge in [-0.3, -0.25) is 0 Å². The van der Waals surface area contributed by atoms with E-state index in [2.05, 4.69) is 69.4 Å². The third kappa shape index (κ3) is 2.94. The van der Waals surface area contributed by atoms with Crippen LogP contribution in [-0.2, 0) is 13.0 Å². The molecular weight excluding hydrogens is 284 g/mol. The average Bonchev–Trinajstić information content (AvgIpc) is 3.00. The summed E-state index contributed by atoms with van der Waals surface area (Å²) in [5, 5.41) is 3.42. The standard InChI is InChI=1S/C19H22N4/c1-2-6-16(7-3-1)10-13-23-18-9-5-4-8-17(18)21-19(23)22-14-11-20-12-15-22/h1-9,20H,10-15H2. The molecule has 1 aliphatic rings. The fraction of sp³-hybridized carbons (Fsp3) is 0.316. The number of nitrogens with zero attached hydrogens (tertiary/aromatic N) is 3. The topological polar surface area (TPSA) is 33.1 Å². The van der Waals surface area contributed by atoms with Crippen LogP contribution in [0, 0.1) is 0 Å². The molecule has 118 valence electrons. The molecule has 0 bridgehead atoms. The number of benzene rings is 2. The number of nitrogens with one attached hydrogen (secondary N) is 1. The number of aromatic nitrogens is 2. The first-order valence-corrected chi connectivity index (χ1v) is 8.37. The summed E-state index contributed by atoms with van der Waals surface area (Å²) in [5.74, 6) is 1.11. The first-order valence-electron chi connectivity index (χ1n) is 8.37. The van der Waals surface area contributed by atoms with Crippen LogP contribution < -0.4 is 10.2 Å². The lowest BCUT2D eigenvalue weighted by molar-refractivity contribution is 0.566. The van der Waals surface area contributed by atoms with E-state index in [1.54, 1.807) is 0 Å². The van der Waals surface area contributed by atoms with Crippen LogP contribution in [-0.4, -0.2) is 35.7 Å². The molecule has 4 nitrogen and oxygen atoms in total. The van der Waals surface area contributed by atoms with Crippen molar-refractivity contribution in [1.82, 2.24) is 14.9 Å². The van der Waals surface area contributed by atoms with Crippen LogP contribution in [0.3, 0.4) is 0 Å². The van der Waals surface area contributed by atoms with Gasteiger partial charge in [0.15, 0.2) is 0 Å². The highest BCUT2D eigenvalue weighted by Crippen LogP contribution is 2.23. The Morgan fingerprint density at radius 1 is 0.913 bits per heavy atom. The van der Waals surface area contributed by atoms with E-state index in [0.29, 0.717) is 0 Å². The second-order valence-electron chi connectivity index (χ2n) is 6.02. The van der Waals surface area contributed by atoms with E-state index in [1.165, 1.54) is 11.1 Å². The van der Waals surface area contributed by atoms with E-state index in [1.807, 2.05) is 0 Å². The van der Waals surface area contributed by atoms with Gasteiger partial charge in [0, 0.05) is 32.7 Å². The van der Waals surface area contributed by atoms with Crippen LogP contribution >= 0.6 is 0 Å². The molecule has 3 aromatic rings. The van der Waals surface area contributed by atoms with Crippen LogP contribution in [0.2, 0.25) is 0 Å². The summed E-state index contributed by atoms with van der Waals surface area (Å²) in [7, 11) is 0. The number of aryl methyl sites for hydroxylation is 2. The van der Waals surface area contributed by atoms with Gasteiger partial charge in [0.2, 0.25) is 5.95 Å². The summed E-state index contributed by atoms with van der Waals surface area (Å²) < 4.78 is 2.38. The second-order valence-corrected chi connectivity index (χ2v) is 6.02. The highest BCUT2D eigenvalue weighted by Gasteiger charge is 2.18. The molecule has 2 heterocycles. The molecule has 0 atom stereocenters. The van der Waals surface area contributed by atoms with Crippen LogP contribution in [0.4, 0.5) is 5.95 Å². The van der Waals surface area contributed by atoms with Gasteiger partial charge in [0.1, 0.15) is 0 Å². The van der Waals surface area contributed by atoms with Gasteiger partial charge in [-0.05, 0) is 24.1 Å². The molecule has 1 fully saturated rings. The van der Waals surface area contributed by atoms with Gasteiger partial charge in [0.05, 0.1) is 11.0 Å². The molecular formula is C19H22N4. The Labute approximate surface area is 136 Å². The molecule has 0 amide bonds. The molecule has 1 N–H and O–H groups in total. The van der Waals surface area contributed by atoms with Crippen LogP contribution in [0.15, 0.2) is 54.6 Å². The van der Waals surface area contributed by atoms with Crippen LogP contribution in [0.5, 0.6) is 0 Å². The van der Waals surface area contributed by atoms with Gasteiger partial charge in [-0.1, -0.05) is 42.5 Å². The van der Waals surface area contributed by atoms with Crippen molar-refractivity contribution in [2.75, 3.05) is 31.1 Å². The second kappa shape index (κ2) is 6.42. The summed E-state index contributed by atoms with van der Waals surface area (Å²) in [6.07, 6.45) is 1.03. The number of fused-ring (bicyclic) bond motifs is 1. The number of imidazole rings is 1. The summed E-state index contributed by atoms with van der Waals surface area (Å²) in [4.78, 5) is 7.31. The van der Waals surface area contributed by atoms with Gasteiger partial charge >= 0.3 is 0 Å². The predicted molar refractivity (Wildman–Crippen MR) is 95.0 cm³/mol. The van der Waals surface area contributed by atoms with E-state index < -0.39 is 0 Å². The van der Waals surface area contributed by atoms with Gasteiger partial charge < -0.3 is 14.8 Å². The van der Waals surface area contributed by atoms with E-state index in [4.69, 9.17) is 4.98 Å². The molecule has 0 radical (unpaired) electrons. The lowest BCUT2D eigenvalue weighted by Crippen LogP contribution is -2.44. The Kier molecular flexibility index (Phi) is 3.99. The summed E-state index contributed by atoms with van der Waals surface area (Å²) in [6.45, 7) is 5.07. The maximum atomic E-state index is 4.91. The SMILES string of the molecule is c1ccc(CCn2c(N3CCNCC3)nc3ccccc32)cc1. The maximum Gasteiger partial charge on any atom is 0.206 e. The zero-order valence-corrected chi connectivity index (χ0v) is 13.3. The lowest BCUT2D eigenvalue weighted by atomic mass is 10.1. The van der Waals surface area contributed by atoms with Gasteiger partial charge in [-0.2, -0.15) is 0 Å². The Hall–Kier alpha value is -2.33. The Bertz CT molecular complexity index is 772. The van der Waals surface area contributed by atoms with Gasteiger partial charge in [-0.15, -0.1) is 0 Å². The fourth-order valence-corrected chi connectivity index (χ4v) is 3.28. The number of hydrogen-bond acceptors (Lipinski definition) is 3. The van der Waals surface area contributed by atoms with E-state index in [-0.39, 0.29) is 0 Å². The van der Waals surface area contributed by atoms with Crippen molar-refractivity contribution in [1.29, 1.82) is 0 Å². The number of para-hydroxylation sites is 2. The highest BCUT2D eigenvalue weighted by atomic mass is 15.3. The van der Waals surface area contributed by atoms with Gasteiger partial charge in [0.25, 0.3) is 0 Å². The Morgan fingerprint density at radius 2 is 1.65 bits per heavy atom. The minimum absolute atomic E-state index is 0.962. The van der Waals surface area contributed by atoms with E-state index >= 15 is 0 Å². The lowest BCUT2D eigenvalue weighted by Gasteiger charge is -2.29. The van der Waals surface area contributed by atoms with Crippen molar-refractivity contribution < 1.29 is 0 Å². The molecule has 1 aliphatic heterocycles. The summed E-state index contributed by atoms with van der Waals surface area (Å²) in [5.41, 5.74) is 3.70. The molecule has 0 unspecified atom stereocenters. The maximum absolute atomic E-state index is 4.91. The third-order valence-electron chi connectivity index (χ3n) is 4.50. The quantitative estimate of drug-likeness (QED) is 0.804. The van der Waals surface area contributed by atoms with Crippen molar-refractivity contribution in [3.63, 3.8) is 0 Å². The Balaban J connectivity index is 1.67. The monoisotopic (exact) mass is 306 g/mol. The molecule has 0 spiro atoms. The molecule has 4 rings (SSSR count). The fourth-order valence-electron chi connectivity index (χ4n) is 3.28. The minimum atomic E-state index is 0.962. The van der Waals surface area contributed by atoms with Crippen molar-refractivity contribution in [2.45, 2.75) is 13.0 Å². The van der Waals surface area contributed by atoms with Crippen molar-refractivity contribution in [3.05, 3.63) is 60.2 Å². The molecule has 23 heavy (non-hydrogen) atoms. The number of rotatable bonds is 4. The number of piperazine rings is 1. The molecule has 2 aromatic carbocycles. The summed E-state index contributed by atoms with van der Waals surface area (Å²) in [6, 6.07) is 19.1. The molecule has 0 saturated carbocycles. The van der Waals surface area contributed by atoms with Crippen molar-refractivity contribution >= 4 is 17.0 Å². The smallest absolute Gasteiger partial charge is 0.206 e. The van der Waals surface area contributed by atoms with E-state index in [0.717, 1.165) is 50.6 Å². The average molecular weight is 306 g/mol. The largest absolute Gasteiger partial charge is 0.340 e. The third-order valence-corrected chi connectivity index (χ3v) is 4.50. The highest BCUT2D eigenvalue weighted by molar-refractivity contribution is 5.78. The normalized spacial score (nSPS) is 15.2. The number of hydrogen-bond donors (Lipinski definition) is 1. The predicted octanol–water partition coefficient (Wildman–Crippen LogP) is 2.69. The van der Waals surface area contributed by atoms with Crippen molar-refractivity contribution in [3.8, 4) is 0 Å². The zero-order chi connectivity index (χ0) is 15.5. The van der Waals surface area contributed by atoms with E-state index in [9.17, 15) is 0 Å². The Morgan fingerprint density at radius 3 is 2.48 bits per heavy atom. The molecule has 1 aromatic heterocycles. The van der Waals surface area contributed by atoms with Crippen LogP contribution in [0.25, 0.3) is 11.0 Å².